The number of likely N-dealkylation sites (tertiary alicyclic amines) is 1. The fourth-order valence-electron chi connectivity index (χ4n) is 3.26. The number of anilines is 1. The highest BCUT2D eigenvalue weighted by Gasteiger charge is 2.33. The first-order valence-corrected chi connectivity index (χ1v) is 8.37. The standard InChI is InChI=1S/C15H20N4OS/c16-8-11-4-7-21-15(11)18-14(20)3-6-19-9-12-2-1-5-17-13(12)10-19/h4,7,12-13,17H,1-3,5-6,9-10H2,(H,18,20)/t12-,13+/m0/s1. The van der Waals surface area contributed by atoms with Crippen LogP contribution >= 0.6 is 11.3 Å². The molecule has 5 nitrogen and oxygen atoms in total. The van der Waals surface area contributed by atoms with Crippen LogP contribution in [-0.2, 0) is 4.79 Å². The van der Waals surface area contributed by atoms with Crippen LogP contribution in [0.15, 0.2) is 11.4 Å². The van der Waals surface area contributed by atoms with E-state index in [9.17, 15) is 4.79 Å². The van der Waals surface area contributed by atoms with Crippen molar-refractivity contribution in [1.29, 1.82) is 5.26 Å². The van der Waals surface area contributed by atoms with E-state index in [1.54, 1.807) is 6.07 Å². The fourth-order valence-corrected chi connectivity index (χ4v) is 4.02. The zero-order valence-corrected chi connectivity index (χ0v) is 12.8. The molecule has 3 rings (SSSR count). The molecule has 2 aliphatic rings. The van der Waals surface area contributed by atoms with Crippen molar-refractivity contribution >= 4 is 22.2 Å². The smallest absolute Gasteiger partial charge is 0.226 e. The number of amides is 1. The molecule has 0 spiro atoms. The van der Waals surface area contributed by atoms with E-state index in [-0.39, 0.29) is 5.91 Å². The lowest BCUT2D eigenvalue weighted by Gasteiger charge is -2.24. The molecule has 21 heavy (non-hydrogen) atoms. The molecule has 1 aromatic rings. The number of piperidine rings is 1. The molecule has 0 bridgehead atoms. The third-order valence-corrected chi connectivity index (χ3v) is 5.20. The van der Waals surface area contributed by atoms with Gasteiger partial charge in [-0.05, 0) is 36.8 Å². The van der Waals surface area contributed by atoms with Crippen molar-refractivity contribution in [2.75, 3.05) is 31.5 Å². The van der Waals surface area contributed by atoms with E-state index >= 15 is 0 Å². The van der Waals surface area contributed by atoms with Crippen LogP contribution in [0, 0.1) is 17.2 Å². The summed E-state index contributed by atoms with van der Waals surface area (Å²) in [6, 6.07) is 4.44. The highest BCUT2D eigenvalue weighted by atomic mass is 32.1. The van der Waals surface area contributed by atoms with Gasteiger partial charge in [0.25, 0.3) is 0 Å². The summed E-state index contributed by atoms with van der Waals surface area (Å²) in [7, 11) is 0. The molecule has 0 saturated carbocycles. The number of carbonyl (C=O) groups excluding carboxylic acids is 1. The second kappa shape index (κ2) is 6.56. The van der Waals surface area contributed by atoms with E-state index in [1.807, 2.05) is 5.38 Å². The minimum absolute atomic E-state index is 0.00298. The summed E-state index contributed by atoms with van der Waals surface area (Å²) < 4.78 is 0. The summed E-state index contributed by atoms with van der Waals surface area (Å²) in [5, 5.41) is 17.8. The summed E-state index contributed by atoms with van der Waals surface area (Å²) in [6.07, 6.45) is 3.06. The summed E-state index contributed by atoms with van der Waals surface area (Å²) in [4.78, 5) is 14.4. The molecule has 6 heteroatoms. The maximum atomic E-state index is 12.0. The molecule has 2 atom stereocenters. The molecule has 1 aromatic heterocycles. The predicted octanol–water partition coefficient (Wildman–Crippen LogP) is 1.63. The van der Waals surface area contributed by atoms with Gasteiger partial charge in [-0.3, -0.25) is 4.79 Å². The van der Waals surface area contributed by atoms with E-state index < -0.39 is 0 Å². The second-order valence-corrected chi connectivity index (χ2v) is 6.71. The van der Waals surface area contributed by atoms with Crippen LogP contribution in [-0.4, -0.2) is 43.0 Å². The number of carbonyl (C=O) groups is 1. The van der Waals surface area contributed by atoms with Gasteiger partial charge in [0.1, 0.15) is 11.1 Å². The van der Waals surface area contributed by atoms with Crippen molar-refractivity contribution in [3.8, 4) is 6.07 Å². The first-order valence-electron chi connectivity index (χ1n) is 7.49. The summed E-state index contributed by atoms with van der Waals surface area (Å²) in [5.74, 6) is 0.751. The summed E-state index contributed by atoms with van der Waals surface area (Å²) in [5.41, 5.74) is 0.546. The molecular weight excluding hydrogens is 284 g/mol. The lowest BCUT2D eigenvalue weighted by Crippen LogP contribution is -2.40. The minimum Gasteiger partial charge on any atom is -0.317 e. The van der Waals surface area contributed by atoms with Crippen LogP contribution in [0.25, 0.3) is 0 Å². The van der Waals surface area contributed by atoms with E-state index in [2.05, 4.69) is 21.6 Å². The maximum Gasteiger partial charge on any atom is 0.226 e. The number of nitrogens with one attached hydrogen (secondary N) is 2. The molecule has 1 amide bonds. The number of nitrogens with zero attached hydrogens (tertiary/aromatic N) is 2. The highest BCUT2D eigenvalue weighted by molar-refractivity contribution is 7.14. The zero-order valence-electron chi connectivity index (χ0n) is 12.0. The Morgan fingerprint density at radius 2 is 2.48 bits per heavy atom. The Kier molecular flexibility index (Phi) is 4.54. The van der Waals surface area contributed by atoms with Crippen LogP contribution in [0.1, 0.15) is 24.8 Å². The van der Waals surface area contributed by atoms with Crippen LogP contribution < -0.4 is 10.6 Å². The number of hydrogen-bond acceptors (Lipinski definition) is 5. The van der Waals surface area contributed by atoms with Crippen molar-refractivity contribution in [1.82, 2.24) is 10.2 Å². The molecule has 2 saturated heterocycles. The first-order chi connectivity index (χ1) is 10.3. The normalized spacial score (nSPS) is 25.3. The van der Waals surface area contributed by atoms with Gasteiger partial charge in [-0.15, -0.1) is 11.3 Å². The third kappa shape index (κ3) is 3.43. The van der Waals surface area contributed by atoms with Gasteiger partial charge in [0.05, 0.1) is 5.56 Å². The van der Waals surface area contributed by atoms with E-state index in [1.165, 1.54) is 24.2 Å². The van der Waals surface area contributed by atoms with Crippen LogP contribution in [0.5, 0.6) is 0 Å². The van der Waals surface area contributed by atoms with Crippen LogP contribution in [0.2, 0.25) is 0 Å². The van der Waals surface area contributed by atoms with Gasteiger partial charge in [-0.1, -0.05) is 0 Å². The van der Waals surface area contributed by atoms with E-state index in [0.717, 1.165) is 32.1 Å². The van der Waals surface area contributed by atoms with Crippen molar-refractivity contribution in [3.05, 3.63) is 17.0 Å². The Balaban J connectivity index is 1.45. The minimum atomic E-state index is -0.00298. The predicted molar refractivity (Wildman–Crippen MR) is 83.2 cm³/mol. The first kappa shape index (κ1) is 14.5. The Labute approximate surface area is 128 Å². The second-order valence-electron chi connectivity index (χ2n) is 5.80. The summed E-state index contributed by atoms with van der Waals surface area (Å²) in [6.45, 7) is 4.09. The largest absolute Gasteiger partial charge is 0.317 e. The van der Waals surface area contributed by atoms with Crippen molar-refractivity contribution < 1.29 is 4.79 Å². The van der Waals surface area contributed by atoms with Crippen LogP contribution in [0.3, 0.4) is 0 Å². The molecule has 2 aliphatic heterocycles. The van der Waals surface area contributed by atoms with E-state index in [4.69, 9.17) is 5.26 Å². The molecule has 0 radical (unpaired) electrons. The molecule has 3 heterocycles. The lowest BCUT2D eigenvalue weighted by atomic mass is 9.94. The average Bonchev–Trinajstić information content (AvgIpc) is 3.10. The molecule has 2 fully saturated rings. The molecule has 0 aliphatic carbocycles. The van der Waals surface area contributed by atoms with Gasteiger partial charge in [-0.2, -0.15) is 5.26 Å². The fraction of sp³-hybridized carbons (Fsp3) is 0.600. The lowest BCUT2D eigenvalue weighted by molar-refractivity contribution is -0.116. The monoisotopic (exact) mass is 304 g/mol. The van der Waals surface area contributed by atoms with Gasteiger partial charge >= 0.3 is 0 Å². The third-order valence-electron chi connectivity index (χ3n) is 4.37. The Morgan fingerprint density at radius 3 is 3.29 bits per heavy atom. The van der Waals surface area contributed by atoms with Crippen molar-refractivity contribution in [3.63, 3.8) is 0 Å². The number of rotatable bonds is 4. The molecule has 112 valence electrons. The highest BCUT2D eigenvalue weighted by Crippen LogP contribution is 2.25. The number of nitriles is 1. The van der Waals surface area contributed by atoms with Crippen molar-refractivity contribution in [2.24, 2.45) is 5.92 Å². The number of hydrogen-bond donors (Lipinski definition) is 2. The van der Waals surface area contributed by atoms with Crippen LogP contribution in [0.4, 0.5) is 5.00 Å². The van der Waals surface area contributed by atoms with Gasteiger partial charge in [0.2, 0.25) is 5.91 Å². The summed E-state index contributed by atoms with van der Waals surface area (Å²) >= 11 is 1.40. The molecule has 2 N–H and O–H groups in total. The zero-order chi connectivity index (χ0) is 14.7. The van der Waals surface area contributed by atoms with Gasteiger partial charge in [-0.25, -0.2) is 0 Å². The van der Waals surface area contributed by atoms with Gasteiger partial charge in [0, 0.05) is 32.1 Å². The molecule has 0 aromatic carbocycles. The van der Waals surface area contributed by atoms with Gasteiger partial charge in [0.15, 0.2) is 0 Å². The number of thiophene rings is 1. The quantitative estimate of drug-likeness (QED) is 0.887. The number of fused-ring (bicyclic) bond motifs is 1. The Morgan fingerprint density at radius 1 is 1.57 bits per heavy atom. The molecule has 0 unspecified atom stereocenters. The average molecular weight is 304 g/mol. The SMILES string of the molecule is N#Cc1ccsc1NC(=O)CCN1C[C@@H]2CCCN[C@@H]2C1. The Bertz CT molecular complexity index is 536. The maximum absolute atomic E-state index is 12.0. The van der Waals surface area contributed by atoms with Gasteiger partial charge < -0.3 is 15.5 Å². The van der Waals surface area contributed by atoms with E-state index in [0.29, 0.717) is 23.0 Å². The topological polar surface area (TPSA) is 68.2 Å². The van der Waals surface area contributed by atoms with Crippen molar-refractivity contribution in [2.45, 2.75) is 25.3 Å². The Hall–Kier alpha value is -1.42. The molecular formula is C15H20N4OS.